The SMILES string of the molecule is C/C=C/C(=O)N1CCCN(C)CC1C. The molecule has 1 fully saturated rings. The molecule has 0 bridgehead atoms. The topological polar surface area (TPSA) is 23.6 Å². The summed E-state index contributed by atoms with van der Waals surface area (Å²) in [5.41, 5.74) is 0. The quantitative estimate of drug-likeness (QED) is 0.587. The average molecular weight is 196 g/mol. The molecule has 1 aliphatic heterocycles. The van der Waals surface area contributed by atoms with Crippen LogP contribution in [0.1, 0.15) is 20.3 Å². The van der Waals surface area contributed by atoms with Crippen LogP contribution < -0.4 is 0 Å². The van der Waals surface area contributed by atoms with Gasteiger partial charge in [0.25, 0.3) is 0 Å². The first-order chi connectivity index (χ1) is 6.65. The molecule has 0 radical (unpaired) electrons. The van der Waals surface area contributed by atoms with Crippen molar-refractivity contribution in [1.29, 1.82) is 0 Å². The van der Waals surface area contributed by atoms with Crippen LogP contribution in [0.3, 0.4) is 0 Å². The lowest BCUT2D eigenvalue weighted by atomic mass is 10.2. The lowest BCUT2D eigenvalue weighted by Crippen LogP contribution is -2.41. The number of allylic oxidation sites excluding steroid dienone is 1. The van der Waals surface area contributed by atoms with E-state index < -0.39 is 0 Å². The number of amides is 1. The highest BCUT2D eigenvalue weighted by Gasteiger charge is 2.21. The monoisotopic (exact) mass is 196 g/mol. The van der Waals surface area contributed by atoms with E-state index >= 15 is 0 Å². The van der Waals surface area contributed by atoms with E-state index in [9.17, 15) is 4.79 Å². The molecule has 0 aliphatic carbocycles. The van der Waals surface area contributed by atoms with Crippen molar-refractivity contribution in [3.05, 3.63) is 12.2 Å². The minimum atomic E-state index is 0.148. The van der Waals surface area contributed by atoms with Crippen LogP contribution in [-0.4, -0.2) is 48.4 Å². The molecule has 0 saturated carbocycles. The Morgan fingerprint density at radius 1 is 1.43 bits per heavy atom. The third kappa shape index (κ3) is 2.84. The Kier molecular flexibility index (Phi) is 4.14. The number of carbonyl (C=O) groups is 1. The molecule has 1 atom stereocenters. The third-order valence-electron chi connectivity index (χ3n) is 2.64. The molecule has 0 aromatic heterocycles. The normalized spacial score (nSPS) is 25.4. The van der Waals surface area contributed by atoms with Crippen LogP contribution in [0.25, 0.3) is 0 Å². The Labute approximate surface area is 86.4 Å². The number of rotatable bonds is 1. The fraction of sp³-hybridized carbons (Fsp3) is 0.727. The lowest BCUT2D eigenvalue weighted by Gasteiger charge is -2.26. The Bertz CT molecular complexity index is 225. The summed E-state index contributed by atoms with van der Waals surface area (Å²) in [6.07, 6.45) is 4.54. The summed E-state index contributed by atoms with van der Waals surface area (Å²) >= 11 is 0. The molecule has 1 heterocycles. The van der Waals surface area contributed by atoms with E-state index in [4.69, 9.17) is 0 Å². The molecule has 3 nitrogen and oxygen atoms in total. The van der Waals surface area contributed by atoms with Gasteiger partial charge in [0.15, 0.2) is 0 Å². The molecule has 1 amide bonds. The maximum absolute atomic E-state index is 11.7. The summed E-state index contributed by atoms with van der Waals surface area (Å²) in [4.78, 5) is 15.9. The van der Waals surface area contributed by atoms with Crippen molar-refractivity contribution in [3.63, 3.8) is 0 Å². The van der Waals surface area contributed by atoms with Crippen LogP contribution in [-0.2, 0) is 4.79 Å². The number of hydrogen-bond donors (Lipinski definition) is 0. The van der Waals surface area contributed by atoms with Crippen molar-refractivity contribution in [2.75, 3.05) is 26.7 Å². The van der Waals surface area contributed by atoms with Crippen molar-refractivity contribution in [2.45, 2.75) is 26.3 Å². The Balaban J connectivity index is 2.62. The minimum absolute atomic E-state index is 0.148. The summed E-state index contributed by atoms with van der Waals surface area (Å²) in [6, 6.07) is 0.325. The molecule has 1 unspecified atom stereocenters. The van der Waals surface area contributed by atoms with E-state index in [1.165, 1.54) is 0 Å². The van der Waals surface area contributed by atoms with Gasteiger partial charge in [-0.3, -0.25) is 4.79 Å². The van der Waals surface area contributed by atoms with Crippen LogP contribution >= 0.6 is 0 Å². The van der Waals surface area contributed by atoms with Gasteiger partial charge < -0.3 is 9.80 Å². The highest BCUT2D eigenvalue weighted by Crippen LogP contribution is 2.08. The summed E-state index contributed by atoms with van der Waals surface area (Å²) in [5.74, 6) is 0.148. The zero-order chi connectivity index (χ0) is 10.6. The standard InChI is InChI=1S/C11H20N2O/c1-4-6-11(14)13-8-5-7-12(3)9-10(13)2/h4,6,10H,5,7-9H2,1-3H3/b6-4+. The molecule has 80 valence electrons. The van der Waals surface area contributed by atoms with Gasteiger partial charge in [-0.05, 0) is 39.9 Å². The van der Waals surface area contributed by atoms with Crippen LogP contribution in [0.5, 0.6) is 0 Å². The highest BCUT2D eigenvalue weighted by atomic mass is 16.2. The van der Waals surface area contributed by atoms with Gasteiger partial charge >= 0.3 is 0 Å². The van der Waals surface area contributed by atoms with Crippen molar-refractivity contribution in [1.82, 2.24) is 9.80 Å². The first-order valence-electron chi connectivity index (χ1n) is 5.27. The van der Waals surface area contributed by atoms with E-state index in [1.54, 1.807) is 6.08 Å². The van der Waals surface area contributed by atoms with Crippen molar-refractivity contribution in [3.8, 4) is 0 Å². The molecule has 0 aromatic rings. The van der Waals surface area contributed by atoms with Crippen molar-refractivity contribution in [2.24, 2.45) is 0 Å². The fourth-order valence-corrected chi connectivity index (χ4v) is 1.94. The predicted molar refractivity (Wildman–Crippen MR) is 58.1 cm³/mol. The molecule has 1 rings (SSSR count). The lowest BCUT2D eigenvalue weighted by molar-refractivity contribution is -0.127. The van der Waals surface area contributed by atoms with E-state index in [-0.39, 0.29) is 5.91 Å². The maximum Gasteiger partial charge on any atom is 0.246 e. The van der Waals surface area contributed by atoms with Gasteiger partial charge in [-0.15, -0.1) is 0 Å². The molecule has 0 aromatic carbocycles. The van der Waals surface area contributed by atoms with Crippen molar-refractivity contribution >= 4 is 5.91 Å². The number of carbonyl (C=O) groups excluding carboxylic acids is 1. The first kappa shape index (κ1) is 11.2. The molecular weight excluding hydrogens is 176 g/mol. The second-order valence-corrected chi connectivity index (χ2v) is 4.00. The van der Waals surface area contributed by atoms with E-state index in [2.05, 4.69) is 18.9 Å². The molecular formula is C11H20N2O. The molecule has 0 spiro atoms. The average Bonchev–Trinajstić information content (AvgIpc) is 2.27. The highest BCUT2D eigenvalue weighted by molar-refractivity contribution is 5.87. The molecule has 0 N–H and O–H groups in total. The van der Waals surface area contributed by atoms with E-state index in [0.717, 1.165) is 26.1 Å². The summed E-state index contributed by atoms with van der Waals surface area (Å²) in [6.45, 7) is 6.94. The molecule has 1 saturated heterocycles. The molecule has 14 heavy (non-hydrogen) atoms. The Morgan fingerprint density at radius 2 is 2.14 bits per heavy atom. The summed E-state index contributed by atoms with van der Waals surface area (Å²) in [7, 11) is 2.11. The maximum atomic E-state index is 11.7. The fourth-order valence-electron chi connectivity index (χ4n) is 1.94. The largest absolute Gasteiger partial charge is 0.335 e. The third-order valence-corrected chi connectivity index (χ3v) is 2.64. The number of likely N-dealkylation sites (N-methyl/N-ethyl adjacent to an activating group) is 1. The summed E-state index contributed by atoms with van der Waals surface area (Å²) in [5, 5.41) is 0. The first-order valence-corrected chi connectivity index (χ1v) is 5.27. The number of nitrogens with zero attached hydrogens (tertiary/aromatic N) is 2. The Hall–Kier alpha value is -0.830. The Morgan fingerprint density at radius 3 is 2.79 bits per heavy atom. The van der Waals surface area contributed by atoms with Gasteiger partial charge in [-0.25, -0.2) is 0 Å². The van der Waals surface area contributed by atoms with Crippen LogP contribution in [0.4, 0.5) is 0 Å². The van der Waals surface area contributed by atoms with Gasteiger partial charge in [-0.1, -0.05) is 6.08 Å². The van der Waals surface area contributed by atoms with Gasteiger partial charge in [0.1, 0.15) is 0 Å². The van der Waals surface area contributed by atoms with Gasteiger partial charge in [0.2, 0.25) is 5.91 Å². The predicted octanol–water partition coefficient (Wildman–Crippen LogP) is 1.12. The second kappa shape index (κ2) is 5.15. The van der Waals surface area contributed by atoms with Crippen LogP contribution in [0.15, 0.2) is 12.2 Å². The molecule has 3 heteroatoms. The van der Waals surface area contributed by atoms with Gasteiger partial charge in [0, 0.05) is 19.1 Å². The van der Waals surface area contributed by atoms with Crippen molar-refractivity contribution < 1.29 is 4.79 Å². The minimum Gasteiger partial charge on any atom is -0.335 e. The van der Waals surface area contributed by atoms with E-state index in [0.29, 0.717) is 6.04 Å². The van der Waals surface area contributed by atoms with Crippen LogP contribution in [0.2, 0.25) is 0 Å². The molecule has 1 aliphatic rings. The smallest absolute Gasteiger partial charge is 0.246 e. The van der Waals surface area contributed by atoms with Gasteiger partial charge in [0.05, 0.1) is 0 Å². The van der Waals surface area contributed by atoms with E-state index in [1.807, 2.05) is 17.9 Å². The zero-order valence-corrected chi connectivity index (χ0v) is 9.36. The zero-order valence-electron chi connectivity index (χ0n) is 9.36. The van der Waals surface area contributed by atoms with Crippen LogP contribution in [0, 0.1) is 0 Å². The number of hydrogen-bond acceptors (Lipinski definition) is 2. The van der Waals surface area contributed by atoms with Gasteiger partial charge in [-0.2, -0.15) is 0 Å². The summed E-state index contributed by atoms with van der Waals surface area (Å²) < 4.78 is 0. The second-order valence-electron chi connectivity index (χ2n) is 4.00.